The summed E-state index contributed by atoms with van der Waals surface area (Å²) >= 11 is 0. The lowest BCUT2D eigenvalue weighted by Gasteiger charge is -2.21. The molecule has 1 aromatic rings. The summed E-state index contributed by atoms with van der Waals surface area (Å²) < 4.78 is 0. The van der Waals surface area contributed by atoms with Gasteiger partial charge >= 0.3 is 0 Å². The highest BCUT2D eigenvalue weighted by Crippen LogP contribution is 2.26. The standard InChI is InChI=1S/C25H34N2O3/c1-17(2)13-21(15-23(28)12-11-19-9-7-18(3)8-10-19)25(30)27-22(16-26)14-20-5-4-6-24(20)29/h7-10,17,20-22H,4-6,11-15H2,1-3H3,(H,27,30)/t20-,21+,22-/m0/s1. The number of nitrogens with one attached hydrogen (secondary N) is 1. The zero-order chi connectivity index (χ0) is 22.1. The Balaban J connectivity index is 1.91. The van der Waals surface area contributed by atoms with Crippen LogP contribution in [0.1, 0.15) is 69.9 Å². The lowest BCUT2D eigenvalue weighted by atomic mass is 9.89. The molecular formula is C25H34N2O3. The molecule has 3 atom stereocenters. The molecule has 5 nitrogen and oxygen atoms in total. The number of nitriles is 1. The van der Waals surface area contributed by atoms with E-state index in [1.165, 1.54) is 5.56 Å². The average molecular weight is 411 g/mol. The van der Waals surface area contributed by atoms with Crippen molar-refractivity contribution < 1.29 is 14.4 Å². The van der Waals surface area contributed by atoms with Gasteiger partial charge in [0.2, 0.25) is 5.91 Å². The number of Topliss-reactive ketones (excluding diaryl/α,β-unsaturated/α-hetero) is 2. The van der Waals surface area contributed by atoms with E-state index < -0.39 is 12.0 Å². The second-order valence-corrected chi connectivity index (χ2v) is 9.04. The van der Waals surface area contributed by atoms with Gasteiger partial charge in [0.1, 0.15) is 17.6 Å². The lowest BCUT2D eigenvalue weighted by molar-refractivity contribution is -0.130. The number of nitrogens with zero attached hydrogens (tertiary/aromatic N) is 1. The third-order valence-electron chi connectivity index (χ3n) is 5.84. The SMILES string of the molecule is Cc1ccc(CCC(=O)C[C@@H](CC(C)C)C(=O)N[C@H](C#N)C[C@@H]2CCCC2=O)cc1. The van der Waals surface area contributed by atoms with E-state index in [1.807, 2.05) is 45.0 Å². The van der Waals surface area contributed by atoms with Crippen LogP contribution in [0.15, 0.2) is 24.3 Å². The van der Waals surface area contributed by atoms with Crippen molar-refractivity contribution in [3.8, 4) is 6.07 Å². The molecule has 0 aromatic heterocycles. The highest BCUT2D eigenvalue weighted by atomic mass is 16.2. The number of carbonyl (C=O) groups excluding carboxylic acids is 3. The Bertz CT molecular complexity index is 777. The fourth-order valence-electron chi connectivity index (χ4n) is 4.12. The van der Waals surface area contributed by atoms with Gasteiger partial charge in [0.15, 0.2) is 0 Å². The first-order valence-electron chi connectivity index (χ1n) is 11.1. The van der Waals surface area contributed by atoms with Crippen LogP contribution in [-0.2, 0) is 20.8 Å². The number of hydrogen-bond acceptors (Lipinski definition) is 4. The van der Waals surface area contributed by atoms with E-state index in [2.05, 4.69) is 11.4 Å². The van der Waals surface area contributed by atoms with E-state index in [4.69, 9.17) is 0 Å². The van der Waals surface area contributed by atoms with Gasteiger partial charge in [0, 0.05) is 31.1 Å². The van der Waals surface area contributed by atoms with Gasteiger partial charge in [-0.1, -0.05) is 43.7 Å². The molecule has 1 N–H and O–H groups in total. The molecule has 1 fully saturated rings. The molecule has 1 amide bonds. The van der Waals surface area contributed by atoms with E-state index in [1.54, 1.807) is 0 Å². The predicted octanol–water partition coefficient (Wildman–Crippen LogP) is 4.32. The number of rotatable bonds is 11. The molecule has 2 rings (SSSR count). The molecule has 1 aromatic carbocycles. The largest absolute Gasteiger partial charge is 0.340 e. The second-order valence-electron chi connectivity index (χ2n) is 9.04. The van der Waals surface area contributed by atoms with Gasteiger partial charge in [-0.05, 0) is 50.5 Å². The molecular weight excluding hydrogens is 376 g/mol. The Morgan fingerprint density at radius 2 is 1.93 bits per heavy atom. The van der Waals surface area contributed by atoms with Crippen molar-refractivity contribution in [2.45, 2.75) is 78.2 Å². The van der Waals surface area contributed by atoms with Gasteiger partial charge in [-0.25, -0.2) is 0 Å². The van der Waals surface area contributed by atoms with Gasteiger partial charge in [0.05, 0.1) is 6.07 Å². The zero-order valence-electron chi connectivity index (χ0n) is 18.4. The Morgan fingerprint density at radius 3 is 2.50 bits per heavy atom. The van der Waals surface area contributed by atoms with Gasteiger partial charge in [-0.15, -0.1) is 0 Å². The van der Waals surface area contributed by atoms with Gasteiger partial charge in [-0.3, -0.25) is 14.4 Å². The predicted molar refractivity (Wildman–Crippen MR) is 117 cm³/mol. The summed E-state index contributed by atoms with van der Waals surface area (Å²) in [6.45, 7) is 6.08. The summed E-state index contributed by atoms with van der Waals surface area (Å²) in [5, 5.41) is 12.3. The minimum absolute atomic E-state index is 0.0656. The summed E-state index contributed by atoms with van der Waals surface area (Å²) in [7, 11) is 0. The molecule has 1 saturated carbocycles. The quantitative estimate of drug-likeness (QED) is 0.589. The second kappa shape index (κ2) is 11.6. The monoisotopic (exact) mass is 410 g/mol. The first kappa shape index (κ1) is 23.8. The maximum Gasteiger partial charge on any atom is 0.224 e. The molecule has 162 valence electrons. The van der Waals surface area contributed by atoms with Crippen molar-refractivity contribution in [2.24, 2.45) is 17.8 Å². The van der Waals surface area contributed by atoms with Crippen molar-refractivity contribution in [3.63, 3.8) is 0 Å². The number of aryl methyl sites for hydroxylation is 2. The number of ketones is 2. The normalized spacial score (nSPS) is 18.1. The van der Waals surface area contributed by atoms with Crippen molar-refractivity contribution in [2.75, 3.05) is 0 Å². The third-order valence-corrected chi connectivity index (χ3v) is 5.84. The van der Waals surface area contributed by atoms with Crippen LogP contribution in [0.3, 0.4) is 0 Å². The number of benzene rings is 1. The summed E-state index contributed by atoms with van der Waals surface area (Å²) in [5.74, 6) is -0.294. The Labute approximate surface area is 180 Å². The molecule has 1 aliphatic rings. The third kappa shape index (κ3) is 7.74. The van der Waals surface area contributed by atoms with Crippen LogP contribution in [0, 0.1) is 36.0 Å². The molecule has 0 aliphatic heterocycles. The Morgan fingerprint density at radius 1 is 1.23 bits per heavy atom. The molecule has 0 saturated heterocycles. The summed E-state index contributed by atoms with van der Waals surface area (Å²) in [5.41, 5.74) is 2.30. The van der Waals surface area contributed by atoms with Gasteiger partial charge < -0.3 is 5.32 Å². The molecule has 30 heavy (non-hydrogen) atoms. The van der Waals surface area contributed by atoms with Crippen LogP contribution in [0.4, 0.5) is 0 Å². The lowest BCUT2D eigenvalue weighted by Crippen LogP contribution is -2.40. The molecule has 5 heteroatoms. The minimum atomic E-state index is -0.679. The number of amides is 1. The van der Waals surface area contributed by atoms with Crippen molar-refractivity contribution >= 4 is 17.5 Å². The van der Waals surface area contributed by atoms with Crippen LogP contribution in [0.25, 0.3) is 0 Å². The van der Waals surface area contributed by atoms with Crippen molar-refractivity contribution in [3.05, 3.63) is 35.4 Å². The zero-order valence-corrected chi connectivity index (χ0v) is 18.4. The van der Waals surface area contributed by atoms with Crippen LogP contribution in [-0.4, -0.2) is 23.5 Å². The fourth-order valence-corrected chi connectivity index (χ4v) is 4.12. The molecule has 0 unspecified atom stereocenters. The fraction of sp³-hybridized carbons (Fsp3) is 0.600. The molecule has 0 radical (unpaired) electrons. The van der Waals surface area contributed by atoms with E-state index in [0.29, 0.717) is 32.1 Å². The van der Waals surface area contributed by atoms with Crippen LogP contribution < -0.4 is 5.32 Å². The Hall–Kier alpha value is -2.48. The molecule has 0 spiro atoms. The van der Waals surface area contributed by atoms with E-state index >= 15 is 0 Å². The summed E-state index contributed by atoms with van der Waals surface area (Å²) in [6.07, 6.45) is 4.46. The highest BCUT2D eigenvalue weighted by molar-refractivity contribution is 5.87. The maximum absolute atomic E-state index is 12.9. The van der Waals surface area contributed by atoms with Gasteiger partial charge in [0.25, 0.3) is 0 Å². The highest BCUT2D eigenvalue weighted by Gasteiger charge is 2.30. The van der Waals surface area contributed by atoms with Crippen LogP contribution in [0.2, 0.25) is 0 Å². The summed E-state index contributed by atoms with van der Waals surface area (Å²) in [6, 6.07) is 9.57. The molecule has 0 bridgehead atoms. The molecule has 1 aliphatic carbocycles. The van der Waals surface area contributed by atoms with E-state index in [0.717, 1.165) is 18.4 Å². The topological polar surface area (TPSA) is 87.0 Å². The van der Waals surface area contributed by atoms with E-state index in [-0.39, 0.29) is 35.7 Å². The first-order valence-corrected chi connectivity index (χ1v) is 11.1. The number of hydrogen-bond donors (Lipinski definition) is 1. The first-order chi connectivity index (χ1) is 14.3. The van der Waals surface area contributed by atoms with Crippen LogP contribution >= 0.6 is 0 Å². The summed E-state index contributed by atoms with van der Waals surface area (Å²) in [4.78, 5) is 37.3. The van der Waals surface area contributed by atoms with Crippen LogP contribution in [0.5, 0.6) is 0 Å². The van der Waals surface area contributed by atoms with Gasteiger partial charge in [-0.2, -0.15) is 5.26 Å². The molecule has 0 heterocycles. The van der Waals surface area contributed by atoms with E-state index in [9.17, 15) is 19.6 Å². The Kier molecular flexibility index (Phi) is 9.23. The smallest absolute Gasteiger partial charge is 0.224 e. The minimum Gasteiger partial charge on any atom is -0.340 e. The maximum atomic E-state index is 12.9. The van der Waals surface area contributed by atoms with Crippen molar-refractivity contribution in [1.82, 2.24) is 5.32 Å². The average Bonchev–Trinajstić information content (AvgIpc) is 3.10. The number of carbonyl (C=O) groups is 3. The van der Waals surface area contributed by atoms with Crippen molar-refractivity contribution in [1.29, 1.82) is 5.26 Å².